The lowest BCUT2D eigenvalue weighted by Gasteiger charge is -2.01. The fraction of sp³-hybridized carbons (Fsp3) is 0.308. The van der Waals surface area contributed by atoms with E-state index in [1.165, 1.54) is 0 Å². The van der Waals surface area contributed by atoms with Crippen LogP contribution in [0.15, 0.2) is 22.8 Å². The summed E-state index contributed by atoms with van der Waals surface area (Å²) in [5.74, 6) is -0.347. The van der Waals surface area contributed by atoms with Crippen LogP contribution in [0.25, 0.3) is 0 Å². The summed E-state index contributed by atoms with van der Waals surface area (Å²) in [5.41, 5.74) is 0.474. The standard InChI is InChI=1S/C13H14N2O4S/c1-8-12(13(17)18)20-11(15-8)7-14-10(16)5-4-9-3-2-6-19-9/h2-3,6H,4-5,7H2,1H3,(H,14,16)(H,17,18). The normalized spacial score (nSPS) is 10.4. The number of carboxylic acid groups (broad SMARTS) is 1. The highest BCUT2D eigenvalue weighted by atomic mass is 32.1. The van der Waals surface area contributed by atoms with Crippen molar-refractivity contribution < 1.29 is 19.1 Å². The molecular weight excluding hydrogens is 280 g/mol. The molecule has 0 aromatic carbocycles. The van der Waals surface area contributed by atoms with E-state index in [1.807, 2.05) is 6.07 Å². The number of nitrogens with one attached hydrogen (secondary N) is 1. The van der Waals surface area contributed by atoms with Crippen molar-refractivity contribution in [3.63, 3.8) is 0 Å². The molecule has 0 saturated heterocycles. The van der Waals surface area contributed by atoms with Crippen molar-refractivity contribution in [3.8, 4) is 0 Å². The predicted octanol–water partition coefficient (Wildman–Crippen LogP) is 1.99. The third-order valence-electron chi connectivity index (χ3n) is 2.65. The lowest BCUT2D eigenvalue weighted by Crippen LogP contribution is -2.22. The SMILES string of the molecule is Cc1nc(CNC(=O)CCc2ccco2)sc1C(=O)O. The largest absolute Gasteiger partial charge is 0.477 e. The Morgan fingerprint density at radius 2 is 2.30 bits per heavy atom. The molecule has 0 aliphatic heterocycles. The average Bonchev–Trinajstić information content (AvgIpc) is 3.03. The Morgan fingerprint density at radius 3 is 2.90 bits per heavy atom. The molecule has 0 atom stereocenters. The number of nitrogens with zero attached hydrogens (tertiary/aromatic N) is 1. The van der Waals surface area contributed by atoms with Crippen molar-refractivity contribution in [2.24, 2.45) is 0 Å². The lowest BCUT2D eigenvalue weighted by atomic mass is 10.2. The fourth-order valence-corrected chi connectivity index (χ4v) is 2.52. The van der Waals surface area contributed by atoms with Gasteiger partial charge < -0.3 is 14.8 Å². The van der Waals surface area contributed by atoms with Crippen molar-refractivity contribution >= 4 is 23.2 Å². The van der Waals surface area contributed by atoms with E-state index < -0.39 is 5.97 Å². The van der Waals surface area contributed by atoms with Gasteiger partial charge in [0.25, 0.3) is 0 Å². The number of aryl methyl sites for hydroxylation is 2. The molecule has 0 unspecified atom stereocenters. The molecule has 0 radical (unpaired) electrons. The Kier molecular flexibility index (Phi) is 4.52. The number of carboxylic acids is 1. The van der Waals surface area contributed by atoms with Gasteiger partial charge in [-0.25, -0.2) is 9.78 Å². The molecule has 0 fully saturated rings. The summed E-state index contributed by atoms with van der Waals surface area (Å²) < 4.78 is 5.14. The summed E-state index contributed by atoms with van der Waals surface area (Å²) in [4.78, 5) is 26.9. The number of amides is 1. The van der Waals surface area contributed by atoms with Crippen LogP contribution in [0.2, 0.25) is 0 Å². The second-order valence-electron chi connectivity index (χ2n) is 4.18. The molecule has 2 aromatic heterocycles. The summed E-state index contributed by atoms with van der Waals surface area (Å²) in [7, 11) is 0. The van der Waals surface area contributed by atoms with Crippen molar-refractivity contribution in [1.82, 2.24) is 10.3 Å². The molecule has 0 aliphatic rings. The zero-order valence-corrected chi connectivity index (χ0v) is 11.7. The number of hydrogen-bond donors (Lipinski definition) is 2. The quantitative estimate of drug-likeness (QED) is 0.850. The van der Waals surface area contributed by atoms with Gasteiger partial charge in [0.1, 0.15) is 15.6 Å². The van der Waals surface area contributed by atoms with Crippen LogP contribution in [0.1, 0.15) is 32.6 Å². The van der Waals surface area contributed by atoms with Gasteiger partial charge in [-0.3, -0.25) is 4.79 Å². The molecule has 0 bridgehead atoms. The number of furan rings is 1. The van der Waals surface area contributed by atoms with Gasteiger partial charge >= 0.3 is 5.97 Å². The van der Waals surface area contributed by atoms with Crippen molar-refractivity contribution in [3.05, 3.63) is 39.7 Å². The highest BCUT2D eigenvalue weighted by Gasteiger charge is 2.14. The van der Waals surface area contributed by atoms with Gasteiger partial charge in [-0.15, -0.1) is 11.3 Å². The minimum Gasteiger partial charge on any atom is -0.477 e. The van der Waals surface area contributed by atoms with Crippen LogP contribution in [-0.2, 0) is 17.8 Å². The minimum atomic E-state index is -0.990. The highest BCUT2D eigenvalue weighted by molar-refractivity contribution is 7.13. The first-order chi connectivity index (χ1) is 9.56. The molecule has 6 nitrogen and oxygen atoms in total. The summed E-state index contributed by atoms with van der Waals surface area (Å²) in [5, 5.41) is 12.2. The van der Waals surface area contributed by atoms with Gasteiger partial charge in [-0.1, -0.05) is 0 Å². The first-order valence-corrected chi connectivity index (χ1v) is 6.86. The topological polar surface area (TPSA) is 92.4 Å². The molecule has 0 saturated carbocycles. The summed E-state index contributed by atoms with van der Waals surface area (Å²) >= 11 is 1.08. The van der Waals surface area contributed by atoms with E-state index in [-0.39, 0.29) is 17.3 Å². The molecule has 0 aliphatic carbocycles. The van der Waals surface area contributed by atoms with Crippen LogP contribution in [-0.4, -0.2) is 22.0 Å². The first-order valence-electron chi connectivity index (χ1n) is 6.05. The Hall–Kier alpha value is -2.15. The van der Waals surface area contributed by atoms with Gasteiger partial charge in [-0.2, -0.15) is 0 Å². The van der Waals surface area contributed by atoms with E-state index in [0.29, 0.717) is 23.5 Å². The molecule has 7 heteroatoms. The molecule has 2 heterocycles. The fourth-order valence-electron chi connectivity index (χ4n) is 1.68. The first kappa shape index (κ1) is 14.3. The Morgan fingerprint density at radius 1 is 1.50 bits per heavy atom. The van der Waals surface area contributed by atoms with Crippen LogP contribution in [0.4, 0.5) is 0 Å². The maximum Gasteiger partial charge on any atom is 0.347 e. The van der Waals surface area contributed by atoms with E-state index in [2.05, 4.69) is 10.3 Å². The third kappa shape index (κ3) is 3.67. The van der Waals surface area contributed by atoms with Crippen LogP contribution in [0.3, 0.4) is 0 Å². The molecule has 2 rings (SSSR count). The Balaban J connectivity index is 1.81. The van der Waals surface area contributed by atoms with E-state index in [1.54, 1.807) is 19.3 Å². The average molecular weight is 294 g/mol. The molecular formula is C13H14N2O4S. The maximum absolute atomic E-state index is 11.6. The van der Waals surface area contributed by atoms with E-state index >= 15 is 0 Å². The maximum atomic E-state index is 11.6. The van der Waals surface area contributed by atoms with E-state index in [4.69, 9.17) is 9.52 Å². The summed E-state index contributed by atoms with van der Waals surface area (Å²) in [6.45, 7) is 1.89. The number of thiazole rings is 1. The predicted molar refractivity (Wildman–Crippen MR) is 72.7 cm³/mol. The van der Waals surface area contributed by atoms with Crippen LogP contribution >= 0.6 is 11.3 Å². The summed E-state index contributed by atoms with van der Waals surface area (Å²) in [6.07, 6.45) is 2.43. The number of rotatable bonds is 6. The number of carbonyl (C=O) groups excluding carboxylic acids is 1. The monoisotopic (exact) mass is 294 g/mol. The Bertz CT molecular complexity index is 604. The molecule has 1 amide bonds. The van der Waals surface area contributed by atoms with Gasteiger partial charge in [-0.05, 0) is 19.1 Å². The van der Waals surface area contributed by atoms with E-state index in [0.717, 1.165) is 17.1 Å². The Labute approximate surface area is 119 Å². The van der Waals surface area contributed by atoms with Crippen molar-refractivity contribution in [1.29, 1.82) is 0 Å². The highest BCUT2D eigenvalue weighted by Crippen LogP contribution is 2.17. The lowest BCUT2D eigenvalue weighted by molar-refractivity contribution is -0.121. The number of hydrogen-bond acceptors (Lipinski definition) is 5. The third-order valence-corrected chi connectivity index (χ3v) is 3.80. The molecule has 2 aromatic rings. The minimum absolute atomic E-state index is 0.119. The molecule has 2 N–H and O–H groups in total. The van der Waals surface area contributed by atoms with Gasteiger partial charge in [0.15, 0.2) is 0 Å². The molecule has 20 heavy (non-hydrogen) atoms. The van der Waals surface area contributed by atoms with Crippen LogP contribution in [0.5, 0.6) is 0 Å². The number of carbonyl (C=O) groups is 2. The zero-order chi connectivity index (χ0) is 14.5. The zero-order valence-electron chi connectivity index (χ0n) is 10.9. The summed E-state index contributed by atoms with van der Waals surface area (Å²) in [6, 6.07) is 3.59. The second kappa shape index (κ2) is 6.33. The van der Waals surface area contributed by atoms with Gasteiger partial charge in [0, 0.05) is 12.8 Å². The van der Waals surface area contributed by atoms with Crippen molar-refractivity contribution in [2.45, 2.75) is 26.3 Å². The molecule has 0 spiro atoms. The number of aromatic carboxylic acids is 1. The van der Waals surface area contributed by atoms with Gasteiger partial charge in [0.05, 0.1) is 18.5 Å². The molecule has 106 valence electrons. The van der Waals surface area contributed by atoms with Gasteiger partial charge in [0.2, 0.25) is 5.91 Å². The smallest absolute Gasteiger partial charge is 0.347 e. The second-order valence-corrected chi connectivity index (χ2v) is 5.27. The van der Waals surface area contributed by atoms with Crippen molar-refractivity contribution in [2.75, 3.05) is 0 Å². The van der Waals surface area contributed by atoms with Crippen LogP contribution in [0, 0.1) is 6.92 Å². The number of aromatic nitrogens is 1. The van der Waals surface area contributed by atoms with E-state index in [9.17, 15) is 9.59 Å². The van der Waals surface area contributed by atoms with Crippen LogP contribution < -0.4 is 5.32 Å².